The van der Waals surface area contributed by atoms with Crippen LogP contribution in [0.15, 0.2) is 48.0 Å². The highest BCUT2D eigenvalue weighted by Crippen LogP contribution is 2.32. The Morgan fingerprint density at radius 1 is 1.13 bits per heavy atom. The van der Waals surface area contributed by atoms with E-state index in [1.165, 1.54) is 11.3 Å². The normalized spacial score (nSPS) is 10.6. The zero-order chi connectivity index (χ0) is 21.2. The molecule has 2 aromatic heterocycles. The van der Waals surface area contributed by atoms with Gasteiger partial charge in [-0.3, -0.25) is 4.79 Å². The zero-order valence-corrected chi connectivity index (χ0v) is 17.9. The highest BCUT2D eigenvalue weighted by atomic mass is 32.1. The van der Waals surface area contributed by atoms with Gasteiger partial charge in [0, 0.05) is 30.8 Å². The van der Waals surface area contributed by atoms with Crippen LogP contribution in [0.25, 0.3) is 10.6 Å². The first-order valence-electron chi connectivity index (χ1n) is 9.70. The second kappa shape index (κ2) is 11.3. The number of thiazole rings is 1. The molecule has 7 nitrogen and oxygen atoms in total. The Morgan fingerprint density at radius 2 is 2.00 bits per heavy atom. The molecule has 0 spiro atoms. The third kappa shape index (κ3) is 6.01. The van der Waals surface area contributed by atoms with E-state index < -0.39 is 0 Å². The van der Waals surface area contributed by atoms with Crippen molar-refractivity contribution >= 4 is 17.2 Å². The minimum atomic E-state index is -0.114. The van der Waals surface area contributed by atoms with E-state index in [-0.39, 0.29) is 12.3 Å². The van der Waals surface area contributed by atoms with Crippen molar-refractivity contribution < 1.29 is 19.0 Å². The van der Waals surface area contributed by atoms with Gasteiger partial charge in [0.15, 0.2) is 0 Å². The van der Waals surface area contributed by atoms with Crippen LogP contribution in [-0.2, 0) is 22.5 Å². The maximum absolute atomic E-state index is 12.4. The highest BCUT2D eigenvalue weighted by molar-refractivity contribution is 7.13. The van der Waals surface area contributed by atoms with Gasteiger partial charge in [-0.1, -0.05) is 18.2 Å². The number of pyridine rings is 1. The van der Waals surface area contributed by atoms with Crippen molar-refractivity contribution in [3.63, 3.8) is 0 Å². The summed E-state index contributed by atoms with van der Waals surface area (Å²) in [6.45, 7) is 3.74. The van der Waals surface area contributed by atoms with E-state index >= 15 is 0 Å². The van der Waals surface area contributed by atoms with E-state index in [2.05, 4.69) is 15.3 Å². The minimum absolute atomic E-state index is 0.114. The van der Waals surface area contributed by atoms with Crippen molar-refractivity contribution in [1.29, 1.82) is 0 Å². The Bertz CT molecular complexity index is 961. The predicted molar refractivity (Wildman–Crippen MR) is 116 cm³/mol. The van der Waals surface area contributed by atoms with Gasteiger partial charge in [0.25, 0.3) is 0 Å². The molecule has 0 atom stereocenters. The van der Waals surface area contributed by atoms with Crippen LogP contribution in [0.5, 0.6) is 11.6 Å². The molecule has 0 aliphatic carbocycles. The lowest BCUT2D eigenvalue weighted by atomic mass is 10.2. The van der Waals surface area contributed by atoms with Gasteiger partial charge in [-0.25, -0.2) is 9.97 Å². The molecule has 0 bridgehead atoms. The molecule has 158 valence electrons. The van der Waals surface area contributed by atoms with Crippen LogP contribution >= 0.6 is 11.3 Å². The molecule has 0 fully saturated rings. The molecule has 0 saturated carbocycles. The molecule has 3 aromatic rings. The Labute approximate surface area is 180 Å². The number of ether oxygens (including phenoxy) is 3. The van der Waals surface area contributed by atoms with Crippen molar-refractivity contribution in [3.8, 4) is 22.2 Å². The minimum Gasteiger partial charge on any atom is -0.493 e. The van der Waals surface area contributed by atoms with Gasteiger partial charge in [0.2, 0.25) is 11.8 Å². The number of hydrogen-bond donors (Lipinski definition) is 1. The van der Waals surface area contributed by atoms with Gasteiger partial charge in [-0.2, -0.15) is 0 Å². The molecule has 0 aliphatic heterocycles. The van der Waals surface area contributed by atoms with Gasteiger partial charge < -0.3 is 19.5 Å². The maximum Gasteiger partial charge on any atom is 0.226 e. The topological polar surface area (TPSA) is 82.6 Å². The third-order valence-electron chi connectivity index (χ3n) is 4.16. The zero-order valence-electron chi connectivity index (χ0n) is 17.1. The van der Waals surface area contributed by atoms with Crippen molar-refractivity contribution in [1.82, 2.24) is 15.3 Å². The van der Waals surface area contributed by atoms with Crippen molar-refractivity contribution in [3.05, 3.63) is 59.2 Å². The number of methoxy groups -OCH3 is 1. The number of nitrogens with one attached hydrogen (secondary N) is 1. The quantitative estimate of drug-likeness (QED) is 0.472. The van der Waals surface area contributed by atoms with Crippen molar-refractivity contribution in [2.75, 3.05) is 26.9 Å². The Morgan fingerprint density at radius 3 is 2.83 bits per heavy atom. The van der Waals surface area contributed by atoms with E-state index in [4.69, 9.17) is 14.2 Å². The maximum atomic E-state index is 12.4. The largest absolute Gasteiger partial charge is 0.493 e. The fourth-order valence-electron chi connectivity index (χ4n) is 2.77. The Balaban J connectivity index is 1.58. The van der Waals surface area contributed by atoms with E-state index in [0.29, 0.717) is 32.2 Å². The molecule has 1 aromatic carbocycles. The summed E-state index contributed by atoms with van der Waals surface area (Å²) in [5, 5.41) is 5.65. The average molecular weight is 428 g/mol. The van der Waals surface area contributed by atoms with E-state index in [9.17, 15) is 4.79 Å². The first-order chi connectivity index (χ1) is 14.7. The molecule has 1 N–H and O–H groups in total. The monoisotopic (exact) mass is 427 g/mol. The number of carbonyl (C=O) groups excluding carboxylic acids is 1. The lowest BCUT2D eigenvalue weighted by Gasteiger charge is -2.10. The molecule has 0 unspecified atom stereocenters. The Hall–Kier alpha value is -2.97. The second-order valence-corrected chi connectivity index (χ2v) is 7.19. The lowest BCUT2D eigenvalue weighted by Crippen LogP contribution is -2.25. The summed E-state index contributed by atoms with van der Waals surface area (Å²) < 4.78 is 16.3. The number of nitrogens with zero attached hydrogens (tertiary/aromatic N) is 2. The van der Waals surface area contributed by atoms with Gasteiger partial charge in [0.1, 0.15) is 17.4 Å². The predicted octanol–water partition coefficient (Wildman–Crippen LogP) is 3.49. The van der Waals surface area contributed by atoms with Crippen LogP contribution in [0.4, 0.5) is 0 Å². The van der Waals surface area contributed by atoms with Crippen LogP contribution in [0.1, 0.15) is 18.2 Å². The molecule has 30 heavy (non-hydrogen) atoms. The molecule has 0 saturated heterocycles. The third-order valence-corrected chi connectivity index (χ3v) is 5.09. The summed E-state index contributed by atoms with van der Waals surface area (Å²) in [6.07, 6.45) is 1.86. The van der Waals surface area contributed by atoms with Crippen LogP contribution in [0.2, 0.25) is 0 Å². The standard InChI is InChI=1S/C22H25N3O4S/c1-3-28-19-9-5-4-8-18(19)22-25-17(15-30-22)13-20(26)24-14-16-7-6-10-23-21(16)29-12-11-27-2/h4-10,15H,3,11-14H2,1-2H3,(H,24,26). The number of benzene rings is 1. The summed E-state index contributed by atoms with van der Waals surface area (Å²) in [6, 6.07) is 11.5. The lowest BCUT2D eigenvalue weighted by molar-refractivity contribution is -0.120. The van der Waals surface area contributed by atoms with Crippen LogP contribution < -0.4 is 14.8 Å². The average Bonchev–Trinajstić information content (AvgIpc) is 3.22. The first kappa shape index (κ1) is 21.7. The fourth-order valence-corrected chi connectivity index (χ4v) is 3.62. The van der Waals surface area contributed by atoms with Crippen LogP contribution in [0, 0.1) is 0 Å². The van der Waals surface area contributed by atoms with Gasteiger partial charge >= 0.3 is 0 Å². The first-order valence-corrected chi connectivity index (χ1v) is 10.6. The van der Waals surface area contributed by atoms with Crippen LogP contribution in [0.3, 0.4) is 0 Å². The summed E-state index contributed by atoms with van der Waals surface area (Å²) in [7, 11) is 1.61. The molecule has 0 radical (unpaired) electrons. The molecule has 1 amide bonds. The number of para-hydroxylation sites is 1. The summed E-state index contributed by atoms with van der Waals surface area (Å²) >= 11 is 1.50. The van der Waals surface area contributed by atoms with Crippen LogP contribution in [-0.4, -0.2) is 42.8 Å². The molecular formula is C22H25N3O4S. The van der Waals surface area contributed by atoms with Gasteiger partial charge in [0.05, 0.1) is 30.9 Å². The number of hydrogen-bond acceptors (Lipinski definition) is 7. The molecule has 0 aliphatic rings. The Kier molecular flexibility index (Phi) is 8.17. The summed E-state index contributed by atoms with van der Waals surface area (Å²) in [5.41, 5.74) is 2.47. The van der Waals surface area contributed by atoms with Gasteiger partial charge in [-0.05, 0) is 25.1 Å². The number of amides is 1. The fraction of sp³-hybridized carbons (Fsp3) is 0.318. The van der Waals surface area contributed by atoms with E-state index in [1.54, 1.807) is 13.3 Å². The number of carbonyl (C=O) groups is 1. The SMILES string of the molecule is CCOc1ccccc1-c1nc(CC(=O)NCc2cccnc2OCCOC)cs1. The van der Waals surface area contributed by atoms with Gasteiger partial charge in [-0.15, -0.1) is 11.3 Å². The molecule has 8 heteroatoms. The number of aromatic nitrogens is 2. The van der Waals surface area contributed by atoms with Crippen molar-refractivity contribution in [2.24, 2.45) is 0 Å². The van der Waals surface area contributed by atoms with Crippen molar-refractivity contribution in [2.45, 2.75) is 19.9 Å². The molecule has 3 rings (SSSR count). The number of rotatable bonds is 11. The smallest absolute Gasteiger partial charge is 0.226 e. The summed E-state index contributed by atoms with van der Waals surface area (Å²) in [5.74, 6) is 1.18. The molecular weight excluding hydrogens is 402 g/mol. The molecule has 2 heterocycles. The van der Waals surface area contributed by atoms with E-state index in [1.807, 2.05) is 48.7 Å². The summed E-state index contributed by atoms with van der Waals surface area (Å²) in [4.78, 5) is 21.3. The second-order valence-electron chi connectivity index (χ2n) is 6.34. The van der Waals surface area contributed by atoms with E-state index in [0.717, 1.165) is 27.6 Å². The highest BCUT2D eigenvalue weighted by Gasteiger charge is 2.13.